The van der Waals surface area contributed by atoms with Gasteiger partial charge in [-0.05, 0) is 30.9 Å². The largest absolute Gasteiger partial charge is 0.486 e. The van der Waals surface area contributed by atoms with Gasteiger partial charge in [-0.3, -0.25) is 0 Å². The summed E-state index contributed by atoms with van der Waals surface area (Å²) in [4.78, 5) is 1.18. The number of aliphatic hydroxyl groups excluding tert-OH is 1. The number of thioether (sulfide) groups is 1. The van der Waals surface area contributed by atoms with Gasteiger partial charge in [-0.1, -0.05) is 26.0 Å². The minimum atomic E-state index is -0.349. The van der Waals surface area contributed by atoms with Crippen LogP contribution in [0.3, 0.4) is 0 Å². The van der Waals surface area contributed by atoms with Gasteiger partial charge in [0.15, 0.2) is 0 Å². The van der Waals surface area contributed by atoms with Gasteiger partial charge < -0.3 is 9.84 Å². The highest BCUT2D eigenvalue weighted by Gasteiger charge is 2.26. The predicted molar refractivity (Wildman–Crippen MR) is 71.7 cm³/mol. The van der Waals surface area contributed by atoms with Crippen molar-refractivity contribution in [2.75, 3.05) is 5.75 Å². The highest BCUT2D eigenvalue weighted by molar-refractivity contribution is 7.99. The summed E-state index contributed by atoms with van der Waals surface area (Å²) in [6, 6.07) is 8.04. The number of fused-ring (bicyclic) bond motifs is 1. The summed E-state index contributed by atoms with van der Waals surface area (Å²) in [7, 11) is 0. The summed E-state index contributed by atoms with van der Waals surface area (Å²) in [5.74, 6) is 2.39. The first-order chi connectivity index (χ1) is 8.16. The van der Waals surface area contributed by atoms with E-state index in [0.717, 1.165) is 24.3 Å². The van der Waals surface area contributed by atoms with Crippen LogP contribution in [-0.4, -0.2) is 23.1 Å². The molecule has 0 amide bonds. The summed E-state index contributed by atoms with van der Waals surface area (Å²) < 4.78 is 5.86. The van der Waals surface area contributed by atoms with Gasteiger partial charge in [-0.2, -0.15) is 0 Å². The predicted octanol–water partition coefficient (Wildman–Crippen LogP) is 3.34. The Kier molecular flexibility index (Phi) is 4.35. The Labute approximate surface area is 107 Å². The van der Waals surface area contributed by atoms with Gasteiger partial charge >= 0.3 is 0 Å². The summed E-state index contributed by atoms with van der Waals surface area (Å²) in [5.41, 5.74) is 0. The number of rotatable bonds is 4. The molecule has 2 rings (SSSR count). The lowest BCUT2D eigenvalue weighted by Crippen LogP contribution is -2.36. The van der Waals surface area contributed by atoms with Crippen LogP contribution in [0.5, 0.6) is 5.75 Å². The molecule has 1 heterocycles. The van der Waals surface area contributed by atoms with Crippen molar-refractivity contribution in [1.82, 2.24) is 0 Å². The smallest absolute Gasteiger partial charge is 0.134 e. The molecule has 2 nitrogen and oxygen atoms in total. The molecule has 0 saturated heterocycles. The molecule has 0 aliphatic carbocycles. The topological polar surface area (TPSA) is 29.5 Å². The molecule has 2 unspecified atom stereocenters. The first-order valence-corrected chi connectivity index (χ1v) is 7.22. The highest BCUT2D eigenvalue weighted by Crippen LogP contribution is 2.36. The Morgan fingerprint density at radius 3 is 2.88 bits per heavy atom. The van der Waals surface area contributed by atoms with Gasteiger partial charge in [0, 0.05) is 10.6 Å². The second-order valence-electron chi connectivity index (χ2n) is 4.95. The summed E-state index contributed by atoms with van der Waals surface area (Å²) in [5, 5.41) is 10.1. The molecule has 3 heteroatoms. The van der Waals surface area contributed by atoms with Crippen LogP contribution in [0.15, 0.2) is 29.2 Å². The molecule has 1 aliphatic heterocycles. The Morgan fingerprint density at radius 1 is 1.35 bits per heavy atom. The van der Waals surface area contributed by atoms with Gasteiger partial charge in [-0.25, -0.2) is 0 Å². The molecule has 1 aliphatic rings. The van der Waals surface area contributed by atoms with Crippen molar-refractivity contribution in [3.8, 4) is 5.75 Å². The SMILES string of the molecule is CC(C)CCC(O)C1CSc2ccccc2O1. The first-order valence-electron chi connectivity index (χ1n) is 6.23. The number of ether oxygens (including phenoxy) is 1. The normalized spacial score (nSPS) is 20.8. The highest BCUT2D eigenvalue weighted by atomic mass is 32.2. The van der Waals surface area contributed by atoms with E-state index < -0.39 is 0 Å². The number of hydrogen-bond donors (Lipinski definition) is 1. The molecule has 0 spiro atoms. The van der Waals surface area contributed by atoms with Crippen molar-refractivity contribution in [3.63, 3.8) is 0 Å². The molecule has 2 atom stereocenters. The molecular weight excluding hydrogens is 232 g/mol. The third-order valence-electron chi connectivity index (χ3n) is 3.00. The summed E-state index contributed by atoms with van der Waals surface area (Å²) in [6.45, 7) is 4.36. The van der Waals surface area contributed by atoms with Crippen LogP contribution in [0.4, 0.5) is 0 Å². The third-order valence-corrected chi connectivity index (χ3v) is 4.14. The van der Waals surface area contributed by atoms with Crippen LogP contribution < -0.4 is 4.74 Å². The fourth-order valence-corrected chi connectivity index (χ4v) is 2.98. The van der Waals surface area contributed by atoms with Crippen LogP contribution in [-0.2, 0) is 0 Å². The van der Waals surface area contributed by atoms with E-state index in [4.69, 9.17) is 4.74 Å². The Hall–Kier alpha value is -0.670. The summed E-state index contributed by atoms with van der Waals surface area (Å²) >= 11 is 1.77. The molecule has 0 radical (unpaired) electrons. The fourth-order valence-electron chi connectivity index (χ4n) is 1.92. The summed E-state index contributed by atoms with van der Waals surface area (Å²) in [6.07, 6.45) is 1.46. The van der Waals surface area contributed by atoms with Crippen molar-refractivity contribution in [2.45, 2.75) is 43.8 Å². The van der Waals surface area contributed by atoms with Gasteiger partial charge in [-0.15, -0.1) is 11.8 Å². The van der Waals surface area contributed by atoms with Crippen molar-refractivity contribution in [1.29, 1.82) is 0 Å². The monoisotopic (exact) mass is 252 g/mol. The molecule has 17 heavy (non-hydrogen) atoms. The van der Waals surface area contributed by atoms with E-state index >= 15 is 0 Å². The van der Waals surface area contributed by atoms with Gasteiger partial charge in [0.1, 0.15) is 11.9 Å². The number of para-hydroxylation sites is 1. The molecular formula is C14H20O2S. The van der Waals surface area contributed by atoms with Crippen molar-refractivity contribution >= 4 is 11.8 Å². The van der Waals surface area contributed by atoms with E-state index in [9.17, 15) is 5.11 Å². The van der Waals surface area contributed by atoms with E-state index in [-0.39, 0.29) is 12.2 Å². The Morgan fingerprint density at radius 2 is 2.12 bits per heavy atom. The minimum absolute atomic E-state index is 0.0614. The van der Waals surface area contributed by atoms with Crippen LogP contribution >= 0.6 is 11.8 Å². The standard InChI is InChI=1S/C14H20O2S/c1-10(2)7-8-11(15)13-9-17-14-6-4-3-5-12(14)16-13/h3-6,10-11,13,15H,7-9H2,1-2H3. The van der Waals surface area contributed by atoms with Crippen LogP contribution in [0.2, 0.25) is 0 Å². The Balaban J connectivity index is 1.93. The van der Waals surface area contributed by atoms with Crippen molar-refractivity contribution in [3.05, 3.63) is 24.3 Å². The molecule has 0 aromatic heterocycles. The maximum Gasteiger partial charge on any atom is 0.134 e. The average molecular weight is 252 g/mol. The molecule has 1 aromatic rings. The first kappa shape index (κ1) is 12.8. The molecule has 0 bridgehead atoms. The maximum absolute atomic E-state index is 10.1. The third kappa shape index (κ3) is 3.39. The average Bonchev–Trinajstić information content (AvgIpc) is 2.35. The Bertz CT molecular complexity index is 365. The maximum atomic E-state index is 10.1. The lowest BCUT2D eigenvalue weighted by atomic mass is 10.0. The zero-order chi connectivity index (χ0) is 12.3. The van der Waals surface area contributed by atoms with Gasteiger partial charge in [0.25, 0.3) is 0 Å². The lowest BCUT2D eigenvalue weighted by Gasteiger charge is -2.29. The molecule has 94 valence electrons. The minimum Gasteiger partial charge on any atom is -0.486 e. The molecule has 0 fully saturated rings. The quantitative estimate of drug-likeness (QED) is 0.891. The fraction of sp³-hybridized carbons (Fsp3) is 0.571. The van der Waals surface area contributed by atoms with Crippen molar-refractivity contribution < 1.29 is 9.84 Å². The zero-order valence-corrected chi connectivity index (χ0v) is 11.2. The van der Waals surface area contributed by atoms with E-state index in [1.807, 2.05) is 18.2 Å². The van der Waals surface area contributed by atoms with E-state index in [1.165, 1.54) is 4.90 Å². The van der Waals surface area contributed by atoms with Crippen LogP contribution in [0.1, 0.15) is 26.7 Å². The van der Waals surface area contributed by atoms with Gasteiger partial charge in [0.05, 0.1) is 6.10 Å². The van der Waals surface area contributed by atoms with Crippen molar-refractivity contribution in [2.24, 2.45) is 5.92 Å². The number of aliphatic hydroxyl groups is 1. The van der Waals surface area contributed by atoms with E-state index in [1.54, 1.807) is 11.8 Å². The van der Waals surface area contributed by atoms with Gasteiger partial charge in [0.2, 0.25) is 0 Å². The number of benzene rings is 1. The molecule has 1 aromatic carbocycles. The molecule has 0 saturated carbocycles. The van der Waals surface area contributed by atoms with E-state index in [2.05, 4.69) is 19.9 Å². The van der Waals surface area contributed by atoms with E-state index in [0.29, 0.717) is 5.92 Å². The van der Waals surface area contributed by atoms with Crippen LogP contribution in [0.25, 0.3) is 0 Å². The second kappa shape index (κ2) is 5.78. The zero-order valence-electron chi connectivity index (χ0n) is 10.4. The van der Waals surface area contributed by atoms with Crippen LogP contribution in [0, 0.1) is 5.92 Å². The molecule has 1 N–H and O–H groups in total. The second-order valence-corrected chi connectivity index (χ2v) is 6.01. The lowest BCUT2D eigenvalue weighted by molar-refractivity contribution is 0.0374. The number of hydrogen-bond acceptors (Lipinski definition) is 3.